The lowest BCUT2D eigenvalue weighted by Gasteiger charge is -2.07. The minimum Gasteiger partial charge on any atom is -0.385 e. The minimum absolute atomic E-state index is 0.307. The van der Waals surface area contributed by atoms with Crippen molar-refractivity contribution in [1.82, 2.24) is 0 Å². The number of benzene rings is 2. The summed E-state index contributed by atoms with van der Waals surface area (Å²) in [7, 11) is 0. The van der Waals surface area contributed by atoms with E-state index in [9.17, 15) is 4.79 Å². The highest BCUT2D eigenvalue weighted by Gasteiger charge is 2.04. The van der Waals surface area contributed by atoms with Gasteiger partial charge in [0, 0.05) is 25.1 Å². The van der Waals surface area contributed by atoms with Gasteiger partial charge in [-0.1, -0.05) is 53.0 Å². The average Bonchev–Trinajstić information content (AvgIpc) is 2.54. The van der Waals surface area contributed by atoms with Gasteiger partial charge in [-0.05, 0) is 43.5 Å². The summed E-state index contributed by atoms with van der Waals surface area (Å²) in [6.07, 6.45) is 2.84. The van der Waals surface area contributed by atoms with E-state index in [-0.39, 0.29) is 0 Å². The molecule has 0 heterocycles. The van der Waals surface area contributed by atoms with E-state index in [1.54, 1.807) is 12.1 Å². The van der Waals surface area contributed by atoms with Gasteiger partial charge in [-0.25, -0.2) is 0 Å². The van der Waals surface area contributed by atoms with Gasteiger partial charge in [-0.2, -0.15) is 0 Å². The molecule has 0 aliphatic heterocycles. The number of Topliss-reactive ketones (excluding diaryl/α,β-unsaturated/α-hetero) is 1. The molecule has 0 unspecified atom stereocenters. The molecule has 0 bridgehead atoms. The Bertz CT molecular complexity index is 653. The van der Waals surface area contributed by atoms with Crippen molar-refractivity contribution in [3.05, 3.63) is 63.6 Å². The molecule has 2 rings (SSSR count). The van der Waals surface area contributed by atoms with Crippen LogP contribution in [0, 0.1) is 6.92 Å². The molecule has 2 nitrogen and oxygen atoms in total. The molecule has 0 aliphatic carbocycles. The van der Waals surface area contributed by atoms with Gasteiger partial charge < -0.3 is 5.32 Å². The van der Waals surface area contributed by atoms with Crippen molar-refractivity contribution in [2.45, 2.75) is 32.6 Å². The van der Waals surface area contributed by atoms with Crippen molar-refractivity contribution in [3.8, 4) is 0 Å². The van der Waals surface area contributed by atoms with Crippen molar-refractivity contribution < 1.29 is 4.79 Å². The first-order chi connectivity index (χ1) is 11.0. The Morgan fingerprint density at radius 3 is 2.43 bits per heavy atom. The second-order valence-corrected chi connectivity index (χ2v) is 6.50. The number of nitrogens with one attached hydrogen (secondary N) is 1. The first-order valence-corrected chi connectivity index (χ1v) is 8.56. The Morgan fingerprint density at radius 1 is 1.00 bits per heavy atom. The van der Waals surface area contributed by atoms with Gasteiger partial charge in [0.25, 0.3) is 0 Å². The fourth-order valence-corrected chi connectivity index (χ4v) is 2.59. The molecule has 0 saturated carbocycles. The smallest absolute Gasteiger partial charge is 0.133 e. The highest BCUT2D eigenvalue weighted by Crippen LogP contribution is 2.24. The molecule has 0 saturated heterocycles. The summed E-state index contributed by atoms with van der Waals surface area (Å²) in [6.45, 7) is 2.81. The zero-order valence-corrected chi connectivity index (χ0v) is 14.8. The van der Waals surface area contributed by atoms with Crippen LogP contribution >= 0.6 is 23.2 Å². The summed E-state index contributed by atoms with van der Waals surface area (Å²) >= 11 is 11.8. The molecular formula is C19H21Cl2NO. The number of rotatable bonds is 8. The Kier molecular flexibility index (Phi) is 6.94. The fraction of sp³-hybridized carbons (Fsp3) is 0.316. The topological polar surface area (TPSA) is 29.1 Å². The number of halogens is 2. The third-order valence-electron chi connectivity index (χ3n) is 3.69. The first-order valence-electron chi connectivity index (χ1n) is 7.81. The highest BCUT2D eigenvalue weighted by atomic mass is 35.5. The van der Waals surface area contributed by atoms with Gasteiger partial charge >= 0.3 is 0 Å². The summed E-state index contributed by atoms with van der Waals surface area (Å²) in [6, 6.07) is 13.8. The average molecular weight is 350 g/mol. The van der Waals surface area contributed by atoms with Crippen molar-refractivity contribution in [3.63, 3.8) is 0 Å². The Labute approximate surface area is 147 Å². The molecule has 0 radical (unpaired) electrons. The predicted octanol–water partition coefficient (Wildman–Crippen LogP) is 5.70. The van der Waals surface area contributed by atoms with E-state index in [0.717, 1.165) is 25.1 Å². The van der Waals surface area contributed by atoms with Gasteiger partial charge in [0.05, 0.1) is 10.0 Å². The number of anilines is 1. The van der Waals surface area contributed by atoms with Gasteiger partial charge in [0.1, 0.15) is 5.78 Å². The van der Waals surface area contributed by atoms with Crippen LogP contribution in [0.25, 0.3) is 0 Å². The van der Waals surface area contributed by atoms with Gasteiger partial charge in [-0.15, -0.1) is 0 Å². The fourth-order valence-electron chi connectivity index (χ4n) is 2.29. The van der Waals surface area contributed by atoms with E-state index in [2.05, 4.69) is 36.5 Å². The largest absolute Gasteiger partial charge is 0.385 e. The molecule has 0 aliphatic rings. The maximum atomic E-state index is 11.9. The molecule has 2 aromatic carbocycles. The minimum atomic E-state index is 0.307. The molecule has 4 heteroatoms. The van der Waals surface area contributed by atoms with Crippen LogP contribution in [0.2, 0.25) is 10.0 Å². The number of hydrogen-bond acceptors (Lipinski definition) is 2. The van der Waals surface area contributed by atoms with Crippen LogP contribution in [0.4, 0.5) is 5.69 Å². The van der Waals surface area contributed by atoms with E-state index in [1.807, 2.05) is 6.07 Å². The van der Waals surface area contributed by atoms with Crippen molar-refractivity contribution >= 4 is 34.7 Å². The number of carbonyl (C=O) groups excluding carboxylic acids is 1. The lowest BCUT2D eigenvalue weighted by atomic mass is 10.0. The van der Waals surface area contributed by atoms with Gasteiger partial charge in [0.15, 0.2) is 0 Å². The molecule has 122 valence electrons. The zero-order chi connectivity index (χ0) is 16.7. The molecule has 23 heavy (non-hydrogen) atoms. The standard InChI is InChI=1S/C19H21Cl2NO/c1-14-4-6-15(7-5-14)8-10-17(23)3-2-12-22-16-9-11-18(20)19(21)13-16/h4-7,9,11,13,22H,2-3,8,10,12H2,1H3. The Balaban J connectivity index is 1.64. The van der Waals surface area contributed by atoms with Crippen molar-refractivity contribution in [1.29, 1.82) is 0 Å². The van der Waals surface area contributed by atoms with Crippen LogP contribution in [-0.4, -0.2) is 12.3 Å². The molecule has 0 atom stereocenters. The SMILES string of the molecule is Cc1ccc(CCC(=O)CCCNc2ccc(Cl)c(Cl)c2)cc1. The number of hydrogen-bond donors (Lipinski definition) is 1. The number of carbonyl (C=O) groups is 1. The summed E-state index contributed by atoms with van der Waals surface area (Å²) in [5.41, 5.74) is 3.39. The summed E-state index contributed by atoms with van der Waals surface area (Å²) in [4.78, 5) is 11.9. The monoisotopic (exact) mass is 349 g/mol. The lowest BCUT2D eigenvalue weighted by molar-refractivity contribution is -0.119. The second-order valence-electron chi connectivity index (χ2n) is 5.68. The van der Waals surface area contributed by atoms with E-state index in [1.165, 1.54) is 11.1 Å². The predicted molar refractivity (Wildman–Crippen MR) is 98.7 cm³/mol. The molecular weight excluding hydrogens is 329 g/mol. The number of ketones is 1. The Morgan fingerprint density at radius 2 is 1.74 bits per heavy atom. The van der Waals surface area contributed by atoms with Crippen LogP contribution in [0.3, 0.4) is 0 Å². The van der Waals surface area contributed by atoms with Crippen molar-refractivity contribution in [2.75, 3.05) is 11.9 Å². The van der Waals surface area contributed by atoms with E-state index in [4.69, 9.17) is 23.2 Å². The molecule has 2 aromatic rings. The Hall–Kier alpha value is -1.51. The summed E-state index contributed by atoms with van der Waals surface area (Å²) < 4.78 is 0. The second kappa shape index (κ2) is 8.95. The van der Waals surface area contributed by atoms with Crippen LogP contribution in [-0.2, 0) is 11.2 Å². The molecule has 0 amide bonds. The molecule has 0 fully saturated rings. The van der Waals surface area contributed by atoms with Gasteiger partial charge in [-0.3, -0.25) is 4.79 Å². The summed E-state index contributed by atoms with van der Waals surface area (Å²) in [5, 5.41) is 4.33. The third-order valence-corrected chi connectivity index (χ3v) is 4.43. The van der Waals surface area contributed by atoms with Gasteiger partial charge in [0.2, 0.25) is 0 Å². The highest BCUT2D eigenvalue weighted by molar-refractivity contribution is 6.42. The van der Waals surface area contributed by atoms with Crippen LogP contribution in [0.5, 0.6) is 0 Å². The molecule has 1 N–H and O–H groups in total. The first kappa shape index (κ1) is 17.8. The maximum Gasteiger partial charge on any atom is 0.133 e. The zero-order valence-electron chi connectivity index (χ0n) is 13.2. The third kappa shape index (κ3) is 6.25. The summed E-state index contributed by atoms with van der Waals surface area (Å²) in [5.74, 6) is 0.307. The van der Waals surface area contributed by atoms with E-state index in [0.29, 0.717) is 28.7 Å². The lowest BCUT2D eigenvalue weighted by Crippen LogP contribution is -2.06. The van der Waals surface area contributed by atoms with E-state index < -0.39 is 0 Å². The van der Waals surface area contributed by atoms with Crippen molar-refractivity contribution in [2.24, 2.45) is 0 Å². The number of aryl methyl sites for hydroxylation is 2. The quantitative estimate of drug-likeness (QED) is 0.619. The molecule has 0 spiro atoms. The van der Waals surface area contributed by atoms with E-state index >= 15 is 0 Å². The normalized spacial score (nSPS) is 10.6. The van der Waals surface area contributed by atoms with Crippen LogP contribution in [0.1, 0.15) is 30.4 Å². The van der Waals surface area contributed by atoms with Crippen LogP contribution < -0.4 is 5.32 Å². The van der Waals surface area contributed by atoms with Crippen LogP contribution in [0.15, 0.2) is 42.5 Å². The molecule has 0 aromatic heterocycles. The maximum absolute atomic E-state index is 11.9.